The van der Waals surface area contributed by atoms with E-state index in [0.29, 0.717) is 31.0 Å². The lowest BCUT2D eigenvalue weighted by atomic mass is 10.1. The van der Waals surface area contributed by atoms with Crippen LogP contribution in [0.4, 0.5) is 0 Å². The van der Waals surface area contributed by atoms with Crippen LogP contribution in [0, 0.1) is 0 Å². The van der Waals surface area contributed by atoms with Crippen molar-refractivity contribution in [2.45, 2.75) is 19.7 Å². The van der Waals surface area contributed by atoms with Gasteiger partial charge >= 0.3 is 0 Å². The van der Waals surface area contributed by atoms with Crippen molar-refractivity contribution in [1.29, 1.82) is 0 Å². The van der Waals surface area contributed by atoms with Crippen molar-refractivity contribution < 1.29 is 9.53 Å². The van der Waals surface area contributed by atoms with Crippen LogP contribution in [-0.4, -0.2) is 18.0 Å². The molecule has 0 aliphatic carbocycles. The Morgan fingerprint density at radius 3 is 2.77 bits per heavy atom. The standard InChI is InChI=1S/C16H19N3O2.ClH/c1-21-11-13-4-2-3-12(7-13)10-19-16(20)14-5-6-18-15(8-14)9-17;/h2-8H,9-11,17H2,1H3,(H,19,20);1H. The zero-order valence-corrected chi connectivity index (χ0v) is 13.2. The molecule has 1 aromatic heterocycles. The molecule has 0 saturated carbocycles. The Kier molecular flexibility index (Phi) is 7.52. The van der Waals surface area contributed by atoms with Crippen molar-refractivity contribution in [3.05, 3.63) is 65.0 Å². The third-order valence-corrected chi connectivity index (χ3v) is 3.04. The SMILES string of the molecule is COCc1cccc(CNC(=O)c2ccnc(CN)c2)c1.Cl. The van der Waals surface area contributed by atoms with Crippen LogP contribution in [0.5, 0.6) is 0 Å². The van der Waals surface area contributed by atoms with Gasteiger partial charge in [0.2, 0.25) is 0 Å². The lowest BCUT2D eigenvalue weighted by Crippen LogP contribution is -2.23. The van der Waals surface area contributed by atoms with E-state index in [0.717, 1.165) is 11.1 Å². The first-order chi connectivity index (χ1) is 10.2. The number of rotatable bonds is 6. The van der Waals surface area contributed by atoms with E-state index in [1.807, 2.05) is 24.3 Å². The maximum Gasteiger partial charge on any atom is 0.251 e. The minimum atomic E-state index is -0.135. The molecule has 0 spiro atoms. The fourth-order valence-electron chi connectivity index (χ4n) is 2.01. The number of hydrogen-bond donors (Lipinski definition) is 2. The Hall–Kier alpha value is -1.95. The number of halogens is 1. The van der Waals surface area contributed by atoms with Crippen LogP contribution < -0.4 is 11.1 Å². The second kappa shape index (κ2) is 9.15. The molecule has 22 heavy (non-hydrogen) atoms. The maximum absolute atomic E-state index is 12.1. The molecule has 0 saturated heterocycles. The summed E-state index contributed by atoms with van der Waals surface area (Å²) < 4.78 is 5.10. The normalized spacial score (nSPS) is 9.91. The van der Waals surface area contributed by atoms with Gasteiger partial charge in [0.15, 0.2) is 0 Å². The van der Waals surface area contributed by atoms with E-state index >= 15 is 0 Å². The zero-order valence-electron chi connectivity index (χ0n) is 12.4. The summed E-state index contributed by atoms with van der Waals surface area (Å²) in [5.41, 5.74) is 8.91. The smallest absolute Gasteiger partial charge is 0.251 e. The number of pyridine rings is 1. The molecule has 0 unspecified atom stereocenters. The van der Waals surface area contributed by atoms with Crippen molar-refractivity contribution >= 4 is 18.3 Å². The summed E-state index contributed by atoms with van der Waals surface area (Å²) in [7, 11) is 1.66. The van der Waals surface area contributed by atoms with Gasteiger partial charge in [-0.25, -0.2) is 0 Å². The van der Waals surface area contributed by atoms with Gasteiger partial charge in [-0.1, -0.05) is 24.3 Å². The molecule has 2 rings (SSSR count). The molecular formula is C16H20ClN3O2. The molecular weight excluding hydrogens is 302 g/mol. The molecule has 0 aliphatic rings. The van der Waals surface area contributed by atoms with Gasteiger partial charge in [0, 0.05) is 32.0 Å². The quantitative estimate of drug-likeness (QED) is 0.853. The number of ether oxygens (including phenoxy) is 1. The second-order valence-corrected chi connectivity index (χ2v) is 4.68. The van der Waals surface area contributed by atoms with Crippen LogP contribution in [0.2, 0.25) is 0 Å². The highest BCUT2D eigenvalue weighted by Gasteiger charge is 2.06. The fourth-order valence-corrected chi connectivity index (χ4v) is 2.01. The van der Waals surface area contributed by atoms with E-state index < -0.39 is 0 Å². The van der Waals surface area contributed by atoms with E-state index in [1.165, 1.54) is 0 Å². The predicted molar refractivity (Wildman–Crippen MR) is 87.7 cm³/mol. The molecule has 118 valence electrons. The molecule has 3 N–H and O–H groups in total. The lowest BCUT2D eigenvalue weighted by molar-refractivity contribution is 0.0950. The van der Waals surface area contributed by atoms with Crippen LogP contribution in [0.1, 0.15) is 27.2 Å². The fraction of sp³-hybridized carbons (Fsp3) is 0.250. The van der Waals surface area contributed by atoms with Gasteiger partial charge in [-0.2, -0.15) is 0 Å². The lowest BCUT2D eigenvalue weighted by Gasteiger charge is -2.08. The van der Waals surface area contributed by atoms with Crippen LogP contribution in [0.25, 0.3) is 0 Å². The first kappa shape index (κ1) is 18.1. The molecule has 0 atom stereocenters. The minimum absolute atomic E-state index is 0. The second-order valence-electron chi connectivity index (χ2n) is 4.68. The predicted octanol–water partition coefficient (Wildman–Crippen LogP) is 2.04. The summed E-state index contributed by atoms with van der Waals surface area (Å²) >= 11 is 0. The number of amides is 1. The highest BCUT2D eigenvalue weighted by atomic mass is 35.5. The maximum atomic E-state index is 12.1. The molecule has 0 radical (unpaired) electrons. The average Bonchev–Trinajstić information content (AvgIpc) is 2.53. The van der Waals surface area contributed by atoms with Gasteiger partial charge in [-0.15, -0.1) is 12.4 Å². The van der Waals surface area contributed by atoms with Crippen molar-refractivity contribution in [3.63, 3.8) is 0 Å². The molecule has 1 aromatic carbocycles. The van der Waals surface area contributed by atoms with Gasteiger partial charge < -0.3 is 15.8 Å². The van der Waals surface area contributed by atoms with Crippen molar-refractivity contribution in [1.82, 2.24) is 10.3 Å². The third-order valence-electron chi connectivity index (χ3n) is 3.04. The number of benzene rings is 1. The molecule has 0 aliphatic heterocycles. The summed E-state index contributed by atoms with van der Waals surface area (Å²) in [6, 6.07) is 11.3. The number of aromatic nitrogens is 1. The van der Waals surface area contributed by atoms with Crippen molar-refractivity contribution in [2.75, 3.05) is 7.11 Å². The molecule has 0 fully saturated rings. The van der Waals surface area contributed by atoms with E-state index in [-0.39, 0.29) is 18.3 Å². The van der Waals surface area contributed by atoms with Gasteiger partial charge in [0.25, 0.3) is 5.91 Å². The molecule has 0 bridgehead atoms. The highest BCUT2D eigenvalue weighted by molar-refractivity contribution is 5.94. The van der Waals surface area contributed by atoms with Crippen LogP contribution in [-0.2, 0) is 24.4 Å². The van der Waals surface area contributed by atoms with Crippen LogP contribution in [0.3, 0.4) is 0 Å². The first-order valence-electron chi connectivity index (χ1n) is 6.73. The largest absolute Gasteiger partial charge is 0.380 e. The molecule has 2 aromatic rings. The van der Waals surface area contributed by atoms with Gasteiger partial charge in [-0.05, 0) is 23.3 Å². The molecule has 5 nitrogen and oxygen atoms in total. The molecule has 1 amide bonds. The van der Waals surface area contributed by atoms with Gasteiger partial charge in [-0.3, -0.25) is 9.78 Å². The van der Waals surface area contributed by atoms with E-state index in [1.54, 1.807) is 25.4 Å². The minimum Gasteiger partial charge on any atom is -0.380 e. The van der Waals surface area contributed by atoms with Crippen LogP contribution in [0.15, 0.2) is 42.6 Å². The van der Waals surface area contributed by atoms with Gasteiger partial charge in [0.05, 0.1) is 12.3 Å². The van der Waals surface area contributed by atoms with Crippen molar-refractivity contribution in [3.8, 4) is 0 Å². The topological polar surface area (TPSA) is 77.2 Å². The summed E-state index contributed by atoms with van der Waals surface area (Å²) in [5, 5.41) is 2.89. The van der Waals surface area contributed by atoms with Gasteiger partial charge in [0.1, 0.15) is 0 Å². The van der Waals surface area contributed by atoms with Crippen molar-refractivity contribution in [2.24, 2.45) is 5.73 Å². The number of methoxy groups -OCH3 is 1. The highest BCUT2D eigenvalue weighted by Crippen LogP contribution is 2.07. The summed E-state index contributed by atoms with van der Waals surface area (Å²) in [6.07, 6.45) is 1.59. The number of nitrogens with zero attached hydrogens (tertiary/aromatic N) is 1. The Morgan fingerprint density at radius 1 is 1.27 bits per heavy atom. The first-order valence-corrected chi connectivity index (χ1v) is 6.73. The summed E-state index contributed by atoms with van der Waals surface area (Å²) in [6.45, 7) is 1.35. The van der Waals surface area contributed by atoms with E-state index in [9.17, 15) is 4.79 Å². The number of carbonyl (C=O) groups excluding carboxylic acids is 1. The zero-order chi connectivity index (χ0) is 15.1. The number of carbonyl (C=O) groups is 1. The van der Waals surface area contributed by atoms with E-state index in [2.05, 4.69) is 10.3 Å². The Labute approximate surface area is 136 Å². The molecule has 6 heteroatoms. The Balaban J connectivity index is 0.00000242. The average molecular weight is 322 g/mol. The van der Waals surface area contributed by atoms with E-state index in [4.69, 9.17) is 10.5 Å². The summed E-state index contributed by atoms with van der Waals surface area (Å²) in [4.78, 5) is 16.2. The summed E-state index contributed by atoms with van der Waals surface area (Å²) in [5.74, 6) is -0.135. The number of hydrogen-bond acceptors (Lipinski definition) is 4. The monoisotopic (exact) mass is 321 g/mol. The Morgan fingerprint density at radius 2 is 2.05 bits per heavy atom. The number of nitrogens with two attached hydrogens (primary N) is 1. The van der Waals surface area contributed by atoms with Crippen LogP contribution >= 0.6 is 12.4 Å². The third kappa shape index (κ3) is 5.11. The Bertz CT molecular complexity index is 620. The number of nitrogens with one attached hydrogen (secondary N) is 1. The molecule has 1 heterocycles.